The third-order valence-corrected chi connectivity index (χ3v) is 5.63. The zero-order valence-corrected chi connectivity index (χ0v) is 13.1. The van der Waals surface area contributed by atoms with Gasteiger partial charge in [-0.15, -0.1) is 0 Å². The van der Waals surface area contributed by atoms with E-state index in [9.17, 15) is 9.83 Å². The van der Waals surface area contributed by atoms with Crippen LogP contribution in [0.4, 0.5) is 0 Å². The first kappa shape index (κ1) is 14.6. The van der Waals surface area contributed by atoms with Crippen molar-refractivity contribution in [2.24, 2.45) is 4.76 Å². The molecule has 1 aliphatic heterocycles. The van der Waals surface area contributed by atoms with E-state index in [1.54, 1.807) is 36.4 Å². The van der Waals surface area contributed by atoms with Crippen LogP contribution in [-0.2, 0) is 4.57 Å². The van der Waals surface area contributed by atoms with Gasteiger partial charge in [-0.1, -0.05) is 60.1 Å². The molecule has 1 atom stereocenters. The number of nitrogens with zero attached hydrogens (tertiary/aromatic N) is 2. The van der Waals surface area contributed by atoms with Gasteiger partial charge < -0.3 is 5.09 Å². The molecule has 0 amide bonds. The van der Waals surface area contributed by atoms with E-state index in [0.717, 1.165) is 0 Å². The van der Waals surface area contributed by atoms with Crippen molar-refractivity contribution in [2.45, 2.75) is 0 Å². The molecule has 108 valence electrons. The van der Waals surface area contributed by atoms with Crippen LogP contribution in [0.3, 0.4) is 0 Å². The van der Waals surface area contributed by atoms with E-state index in [1.165, 1.54) is 0 Å². The Balaban J connectivity index is 2.19. The maximum atomic E-state index is 13.2. The smallest absolute Gasteiger partial charge is 0.305 e. The van der Waals surface area contributed by atoms with Gasteiger partial charge in [0.05, 0.1) is 11.0 Å². The summed E-state index contributed by atoms with van der Waals surface area (Å²) >= 11 is 6.15. The zero-order chi connectivity index (χ0) is 15.6. The molecular weight excluding hydrogens is 317 g/mol. The molecule has 4 nitrogen and oxygen atoms in total. The van der Waals surface area contributed by atoms with Crippen molar-refractivity contribution in [3.8, 4) is 6.07 Å². The second-order valence-electron chi connectivity index (χ2n) is 4.64. The lowest BCUT2D eigenvalue weighted by atomic mass is 10.0. The van der Waals surface area contributed by atoms with Gasteiger partial charge in [0.1, 0.15) is 16.8 Å². The molecule has 0 radical (unpaired) electrons. The lowest BCUT2D eigenvalue weighted by molar-refractivity contribution is 0.577. The molecular formula is C16H11ClN3OP. The predicted octanol–water partition coefficient (Wildman–Crippen LogP) is 3.57. The minimum atomic E-state index is -3.30. The number of allylic oxidation sites excluding steroid dienone is 1. The molecule has 2 aromatic carbocycles. The summed E-state index contributed by atoms with van der Waals surface area (Å²) in [5, 5.41) is 12.6. The van der Waals surface area contributed by atoms with Gasteiger partial charge in [0.2, 0.25) is 0 Å². The van der Waals surface area contributed by atoms with Crippen LogP contribution < -0.4 is 10.4 Å². The quantitative estimate of drug-likeness (QED) is 0.677. The standard InChI is InChI=1S/C16H11ClN3OP/c17-16-14(11-18)15(12-7-3-1-4-8-12)19-22(21,20-16)13-9-5-2-6-10-13/h1-10H,(H,19,20,21). The van der Waals surface area contributed by atoms with Gasteiger partial charge in [-0.25, -0.2) is 4.76 Å². The molecule has 0 saturated carbocycles. The van der Waals surface area contributed by atoms with Gasteiger partial charge in [-0.05, 0) is 12.1 Å². The van der Waals surface area contributed by atoms with Gasteiger partial charge >= 0.3 is 7.44 Å². The van der Waals surface area contributed by atoms with Crippen LogP contribution in [0.1, 0.15) is 5.56 Å². The van der Waals surface area contributed by atoms with Crippen molar-refractivity contribution in [1.29, 1.82) is 5.26 Å². The molecule has 2 aromatic rings. The Hall–Kier alpha value is -2.34. The van der Waals surface area contributed by atoms with Crippen LogP contribution in [0.2, 0.25) is 0 Å². The van der Waals surface area contributed by atoms with Crippen molar-refractivity contribution in [1.82, 2.24) is 5.09 Å². The number of halogens is 1. The van der Waals surface area contributed by atoms with E-state index >= 15 is 0 Å². The summed E-state index contributed by atoms with van der Waals surface area (Å²) in [6.07, 6.45) is 0. The summed E-state index contributed by atoms with van der Waals surface area (Å²) in [6, 6.07) is 20.0. The summed E-state index contributed by atoms with van der Waals surface area (Å²) in [7, 11) is -3.30. The van der Waals surface area contributed by atoms with Crippen molar-refractivity contribution in [2.75, 3.05) is 0 Å². The highest BCUT2D eigenvalue weighted by Crippen LogP contribution is 2.47. The molecule has 3 rings (SSSR count). The first-order chi connectivity index (χ1) is 10.6. The third-order valence-electron chi connectivity index (χ3n) is 3.21. The van der Waals surface area contributed by atoms with Gasteiger partial charge in [-0.3, -0.25) is 4.57 Å². The average molecular weight is 328 g/mol. The van der Waals surface area contributed by atoms with E-state index in [4.69, 9.17) is 11.6 Å². The lowest BCUT2D eigenvalue weighted by Gasteiger charge is -2.23. The first-order valence-corrected chi connectivity index (χ1v) is 8.57. The van der Waals surface area contributed by atoms with Crippen molar-refractivity contribution >= 4 is 30.1 Å². The number of rotatable bonds is 2. The normalized spacial score (nSPS) is 20.8. The molecule has 0 aromatic heterocycles. The fraction of sp³-hybridized carbons (Fsp3) is 0. The minimum absolute atomic E-state index is 0.0588. The first-order valence-electron chi connectivity index (χ1n) is 6.54. The Kier molecular flexibility index (Phi) is 3.85. The highest BCUT2D eigenvalue weighted by molar-refractivity contribution is 7.69. The molecule has 0 fully saturated rings. The van der Waals surface area contributed by atoms with Crippen molar-refractivity contribution in [3.05, 3.63) is 77.0 Å². The Bertz CT molecular complexity index is 854. The largest absolute Gasteiger partial charge is 0.309 e. The molecule has 6 heteroatoms. The number of nitrogens with one attached hydrogen (secondary N) is 1. The fourth-order valence-electron chi connectivity index (χ4n) is 2.16. The second kappa shape index (κ2) is 5.81. The summed E-state index contributed by atoms with van der Waals surface area (Å²) in [5.74, 6) is 0. The van der Waals surface area contributed by atoms with Crippen LogP contribution in [0, 0.1) is 11.3 Å². The topological polar surface area (TPSA) is 65.2 Å². The summed E-state index contributed by atoms with van der Waals surface area (Å²) in [5.41, 5.74) is 1.24. The summed E-state index contributed by atoms with van der Waals surface area (Å²) < 4.78 is 17.5. The van der Waals surface area contributed by atoms with Crippen molar-refractivity contribution < 1.29 is 4.57 Å². The monoisotopic (exact) mass is 327 g/mol. The molecule has 22 heavy (non-hydrogen) atoms. The Morgan fingerprint density at radius 2 is 1.64 bits per heavy atom. The SMILES string of the molecule is N#CC1=C(Cl)NP(=O)(c2ccccc2)N=C1c1ccccc1. The molecule has 0 spiro atoms. The molecule has 0 bridgehead atoms. The molecule has 0 saturated heterocycles. The van der Waals surface area contributed by atoms with E-state index < -0.39 is 7.44 Å². The van der Waals surface area contributed by atoms with Crippen LogP contribution in [0.15, 0.2) is 76.2 Å². The maximum absolute atomic E-state index is 13.2. The second-order valence-corrected chi connectivity index (χ2v) is 7.11. The fourth-order valence-corrected chi connectivity index (χ4v) is 4.38. The molecule has 1 heterocycles. The van der Waals surface area contributed by atoms with Crippen LogP contribution in [0.5, 0.6) is 0 Å². The third kappa shape index (κ3) is 2.57. The van der Waals surface area contributed by atoms with Gasteiger partial charge in [0.15, 0.2) is 0 Å². The molecule has 1 aliphatic rings. The maximum Gasteiger partial charge on any atom is 0.309 e. The number of nitriles is 1. The lowest BCUT2D eigenvalue weighted by Crippen LogP contribution is -2.24. The minimum Gasteiger partial charge on any atom is -0.305 e. The Morgan fingerprint density at radius 1 is 1.05 bits per heavy atom. The van der Waals surface area contributed by atoms with Gasteiger partial charge in [0.25, 0.3) is 0 Å². The van der Waals surface area contributed by atoms with Crippen LogP contribution in [0.25, 0.3) is 0 Å². The molecule has 1 N–H and O–H groups in total. The van der Waals surface area contributed by atoms with Crippen LogP contribution >= 0.6 is 19.0 Å². The molecule has 0 aliphatic carbocycles. The van der Waals surface area contributed by atoms with Crippen molar-refractivity contribution in [3.63, 3.8) is 0 Å². The summed E-state index contributed by atoms with van der Waals surface area (Å²) in [6.45, 7) is 0. The predicted molar refractivity (Wildman–Crippen MR) is 88.3 cm³/mol. The van der Waals surface area contributed by atoms with Gasteiger partial charge in [-0.2, -0.15) is 5.26 Å². The zero-order valence-electron chi connectivity index (χ0n) is 11.4. The number of benzene rings is 2. The average Bonchev–Trinajstić information content (AvgIpc) is 2.56. The highest BCUT2D eigenvalue weighted by Gasteiger charge is 2.32. The van der Waals surface area contributed by atoms with Crippen LogP contribution in [-0.4, -0.2) is 5.71 Å². The number of hydrogen-bond donors (Lipinski definition) is 1. The summed E-state index contributed by atoms with van der Waals surface area (Å²) in [4.78, 5) is 0. The Morgan fingerprint density at radius 3 is 2.23 bits per heavy atom. The number of hydrogen-bond acceptors (Lipinski definition) is 2. The Labute approximate surface area is 133 Å². The van der Waals surface area contributed by atoms with E-state index in [2.05, 4.69) is 9.85 Å². The highest BCUT2D eigenvalue weighted by atomic mass is 35.5. The van der Waals surface area contributed by atoms with Gasteiger partial charge in [0, 0.05) is 5.56 Å². The van der Waals surface area contributed by atoms with E-state index in [1.807, 2.05) is 30.3 Å². The van der Waals surface area contributed by atoms with E-state index in [0.29, 0.717) is 16.6 Å². The molecule has 1 unspecified atom stereocenters. The van der Waals surface area contributed by atoms with E-state index in [-0.39, 0.29) is 10.7 Å².